The Bertz CT molecular complexity index is 1310. The van der Waals surface area contributed by atoms with Gasteiger partial charge in [0.1, 0.15) is 10.7 Å². The van der Waals surface area contributed by atoms with E-state index < -0.39 is 12.3 Å². The van der Waals surface area contributed by atoms with E-state index in [0.717, 1.165) is 16.0 Å². The molecule has 1 unspecified atom stereocenters. The summed E-state index contributed by atoms with van der Waals surface area (Å²) in [6, 6.07) is 14.2. The Morgan fingerprint density at radius 1 is 1.17 bits per heavy atom. The number of aliphatic hydroxyl groups excluding tert-OH is 1. The van der Waals surface area contributed by atoms with Crippen molar-refractivity contribution < 1.29 is 9.90 Å². The standard InChI is InChI=1S/C22H17ClN4O2S/c1-11(27-21(28)14-7-3-4-8-15(14)22(27)29)16-10-13-6-5-9-17(23)18(13)24-19(16)20-26-25-12(2)30-20/h3-11,21,28H,1-2H3/t11-,21?/m0/s1. The van der Waals surface area contributed by atoms with E-state index in [0.29, 0.717) is 32.4 Å². The molecule has 1 amide bonds. The SMILES string of the molecule is Cc1nnc(-c2nc3c(Cl)cccc3cc2[C@H](C)N2C(=O)c3ccccc3C2O)s1. The number of amides is 1. The van der Waals surface area contributed by atoms with Gasteiger partial charge in [-0.3, -0.25) is 4.79 Å². The smallest absolute Gasteiger partial charge is 0.257 e. The fourth-order valence-electron chi connectivity index (χ4n) is 3.92. The van der Waals surface area contributed by atoms with Crippen LogP contribution in [0.15, 0.2) is 48.5 Å². The molecule has 1 N–H and O–H groups in total. The molecular weight excluding hydrogens is 420 g/mol. The van der Waals surface area contributed by atoms with Crippen molar-refractivity contribution in [3.05, 3.63) is 75.3 Å². The van der Waals surface area contributed by atoms with Gasteiger partial charge in [-0.2, -0.15) is 0 Å². The van der Waals surface area contributed by atoms with E-state index >= 15 is 0 Å². The molecule has 2 aromatic carbocycles. The first-order valence-corrected chi connectivity index (χ1v) is 10.6. The topological polar surface area (TPSA) is 79.2 Å². The summed E-state index contributed by atoms with van der Waals surface area (Å²) >= 11 is 7.81. The number of carbonyl (C=O) groups is 1. The number of aliphatic hydroxyl groups is 1. The van der Waals surface area contributed by atoms with Gasteiger partial charge in [-0.1, -0.05) is 53.3 Å². The number of para-hydroxylation sites is 1. The number of carbonyl (C=O) groups excluding carboxylic acids is 1. The summed E-state index contributed by atoms with van der Waals surface area (Å²) in [6.45, 7) is 3.76. The van der Waals surface area contributed by atoms with Gasteiger partial charge in [-0.05, 0) is 32.0 Å². The van der Waals surface area contributed by atoms with Gasteiger partial charge in [0.2, 0.25) is 0 Å². The lowest BCUT2D eigenvalue weighted by Crippen LogP contribution is -2.31. The van der Waals surface area contributed by atoms with Crippen molar-refractivity contribution in [2.45, 2.75) is 26.1 Å². The van der Waals surface area contributed by atoms with E-state index in [-0.39, 0.29) is 5.91 Å². The molecule has 150 valence electrons. The number of hydrogen-bond acceptors (Lipinski definition) is 6. The van der Waals surface area contributed by atoms with E-state index in [1.807, 2.05) is 38.1 Å². The van der Waals surface area contributed by atoms with Crippen molar-refractivity contribution in [3.8, 4) is 10.7 Å². The number of rotatable bonds is 3. The van der Waals surface area contributed by atoms with Crippen LogP contribution in [0, 0.1) is 6.92 Å². The molecule has 2 atom stereocenters. The van der Waals surface area contributed by atoms with Gasteiger partial charge in [-0.15, -0.1) is 10.2 Å². The number of hydrogen-bond donors (Lipinski definition) is 1. The Morgan fingerprint density at radius 2 is 1.97 bits per heavy atom. The molecule has 0 spiro atoms. The number of aryl methyl sites for hydroxylation is 1. The summed E-state index contributed by atoms with van der Waals surface area (Å²) in [6.07, 6.45) is -1.03. The second-order valence-corrected chi connectivity index (χ2v) is 8.80. The van der Waals surface area contributed by atoms with E-state index in [1.54, 1.807) is 24.3 Å². The number of benzene rings is 2. The summed E-state index contributed by atoms with van der Waals surface area (Å²) in [5.41, 5.74) is 3.18. The molecule has 1 aliphatic heterocycles. The maximum Gasteiger partial charge on any atom is 0.257 e. The van der Waals surface area contributed by atoms with E-state index in [1.165, 1.54) is 16.2 Å². The van der Waals surface area contributed by atoms with Crippen molar-refractivity contribution in [2.24, 2.45) is 0 Å². The lowest BCUT2D eigenvalue weighted by atomic mass is 10.0. The molecule has 4 aromatic rings. The number of aromatic nitrogens is 3. The van der Waals surface area contributed by atoms with Gasteiger partial charge < -0.3 is 10.0 Å². The quantitative estimate of drug-likeness (QED) is 0.493. The van der Waals surface area contributed by atoms with Gasteiger partial charge >= 0.3 is 0 Å². The average molecular weight is 437 g/mol. The molecule has 5 rings (SSSR count). The summed E-state index contributed by atoms with van der Waals surface area (Å²) in [5.74, 6) is -0.212. The third-order valence-electron chi connectivity index (χ3n) is 5.39. The zero-order valence-corrected chi connectivity index (χ0v) is 17.8. The third kappa shape index (κ3) is 2.89. The highest BCUT2D eigenvalue weighted by Gasteiger charge is 2.39. The summed E-state index contributed by atoms with van der Waals surface area (Å²) in [7, 11) is 0. The highest BCUT2D eigenvalue weighted by Crippen LogP contribution is 2.41. The fraction of sp³-hybridized carbons (Fsp3) is 0.182. The number of fused-ring (bicyclic) bond motifs is 2. The average Bonchev–Trinajstić information content (AvgIpc) is 3.29. The molecule has 2 aromatic heterocycles. The molecule has 6 nitrogen and oxygen atoms in total. The molecule has 1 aliphatic rings. The number of halogens is 1. The fourth-order valence-corrected chi connectivity index (χ4v) is 4.84. The summed E-state index contributed by atoms with van der Waals surface area (Å²) in [5, 5.41) is 22.1. The monoisotopic (exact) mass is 436 g/mol. The van der Waals surface area contributed by atoms with Crippen LogP contribution < -0.4 is 0 Å². The van der Waals surface area contributed by atoms with E-state index in [4.69, 9.17) is 16.6 Å². The van der Waals surface area contributed by atoms with Crippen LogP contribution in [0.1, 0.15) is 45.7 Å². The Kier molecular flexibility index (Phi) is 4.54. The molecule has 0 bridgehead atoms. The molecule has 0 saturated heterocycles. The molecular formula is C22H17ClN4O2S. The molecule has 3 heterocycles. The van der Waals surface area contributed by atoms with Crippen molar-refractivity contribution >= 4 is 39.7 Å². The molecule has 0 aliphatic carbocycles. The predicted molar refractivity (Wildman–Crippen MR) is 116 cm³/mol. The summed E-state index contributed by atoms with van der Waals surface area (Å²) < 4.78 is 0. The van der Waals surface area contributed by atoms with E-state index in [9.17, 15) is 9.90 Å². The first-order chi connectivity index (χ1) is 14.5. The minimum absolute atomic E-state index is 0.212. The molecule has 0 saturated carbocycles. The van der Waals surface area contributed by atoms with Gasteiger partial charge in [0.25, 0.3) is 5.91 Å². The highest BCUT2D eigenvalue weighted by molar-refractivity contribution is 7.14. The zero-order valence-electron chi connectivity index (χ0n) is 16.2. The molecule has 8 heteroatoms. The lowest BCUT2D eigenvalue weighted by Gasteiger charge is -2.29. The first-order valence-electron chi connectivity index (χ1n) is 9.45. The van der Waals surface area contributed by atoms with Crippen molar-refractivity contribution in [1.29, 1.82) is 0 Å². The maximum absolute atomic E-state index is 13.1. The van der Waals surface area contributed by atoms with Gasteiger partial charge in [0.15, 0.2) is 11.2 Å². The van der Waals surface area contributed by atoms with Crippen molar-refractivity contribution in [2.75, 3.05) is 0 Å². The number of pyridine rings is 1. The highest BCUT2D eigenvalue weighted by atomic mass is 35.5. The van der Waals surface area contributed by atoms with Crippen LogP contribution in [0.2, 0.25) is 5.02 Å². The predicted octanol–water partition coefficient (Wildman–Crippen LogP) is 4.92. The second kappa shape index (κ2) is 7.12. The second-order valence-electron chi connectivity index (χ2n) is 7.21. The Labute approximate surface area is 181 Å². The van der Waals surface area contributed by atoms with Crippen LogP contribution >= 0.6 is 22.9 Å². The normalized spacial score (nSPS) is 16.9. The van der Waals surface area contributed by atoms with Gasteiger partial charge in [-0.25, -0.2) is 4.98 Å². The van der Waals surface area contributed by atoms with E-state index in [2.05, 4.69) is 10.2 Å². The van der Waals surface area contributed by atoms with Crippen LogP contribution in [0.25, 0.3) is 21.6 Å². The summed E-state index contributed by atoms with van der Waals surface area (Å²) in [4.78, 5) is 19.4. The molecule has 30 heavy (non-hydrogen) atoms. The van der Waals surface area contributed by atoms with Gasteiger partial charge in [0, 0.05) is 22.1 Å². The largest absolute Gasteiger partial charge is 0.369 e. The van der Waals surface area contributed by atoms with Crippen LogP contribution in [0.3, 0.4) is 0 Å². The minimum Gasteiger partial charge on any atom is -0.369 e. The van der Waals surface area contributed by atoms with Crippen LogP contribution in [0.4, 0.5) is 0 Å². The minimum atomic E-state index is -1.03. The third-order valence-corrected chi connectivity index (χ3v) is 6.54. The van der Waals surface area contributed by atoms with Crippen LogP contribution in [-0.4, -0.2) is 31.1 Å². The Hall–Kier alpha value is -2.87. The first kappa shape index (κ1) is 19.1. The zero-order chi connectivity index (χ0) is 21.0. The molecule has 0 radical (unpaired) electrons. The maximum atomic E-state index is 13.1. The van der Waals surface area contributed by atoms with Crippen LogP contribution in [-0.2, 0) is 0 Å². The van der Waals surface area contributed by atoms with Crippen molar-refractivity contribution in [1.82, 2.24) is 20.1 Å². The Morgan fingerprint density at radius 3 is 2.70 bits per heavy atom. The van der Waals surface area contributed by atoms with Crippen molar-refractivity contribution in [3.63, 3.8) is 0 Å². The van der Waals surface area contributed by atoms with Crippen LogP contribution in [0.5, 0.6) is 0 Å². The van der Waals surface area contributed by atoms with Gasteiger partial charge in [0.05, 0.1) is 16.6 Å². The lowest BCUT2D eigenvalue weighted by molar-refractivity contribution is -0.000237. The number of nitrogens with zero attached hydrogens (tertiary/aromatic N) is 4. The molecule has 0 fully saturated rings. The Balaban J connectivity index is 1.69.